The summed E-state index contributed by atoms with van der Waals surface area (Å²) in [6, 6.07) is 7.00. The van der Waals surface area contributed by atoms with Gasteiger partial charge in [-0.2, -0.15) is 9.97 Å². The lowest BCUT2D eigenvalue weighted by molar-refractivity contribution is 0.394. The van der Waals surface area contributed by atoms with Gasteiger partial charge in [0.15, 0.2) is 0 Å². The zero-order valence-corrected chi connectivity index (χ0v) is 15.4. The van der Waals surface area contributed by atoms with Crippen molar-refractivity contribution in [1.29, 1.82) is 0 Å². The number of halogens is 1. The van der Waals surface area contributed by atoms with Gasteiger partial charge in [-0.1, -0.05) is 28.9 Å². The van der Waals surface area contributed by atoms with Gasteiger partial charge < -0.3 is 10.3 Å². The van der Waals surface area contributed by atoms with Crippen molar-refractivity contribution in [2.24, 2.45) is 0 Å². The summed E-state index contributed by atoms with van der Waals surface area (Å²) in [5.74, 6) is 1.02. The second-order valence-electron chi connectivity index (χ2n) is 5.95. The fourth-order valence-electron chi connectivity index (χ4n) is 2.95. The standard InChI is InChI=1S/C18H15ClN6O2/c1-3-25-16-11(8-21-18(20)23-16)6-13(17(25)26)12-5-4-10(7-14(12)19)15-22-9(2)27-24-15/h4-8H,3H2,1-2H3,(H2,20,21,23). The number of benzene rings is 1. The van der Waals surface area contributed by atoms with Crippen LogP contribution >= 0.6 is 11.6 Å². The number of nitrogens with two attached hydrogens (primary N) is 1. The zero-order valence-electron chi connectivity index (χ0n) is 14.6. The first kappa shape index (κ1) is 17.2. The minimum Gasteiger partial charge on any atom is -0.368 e. The Morgan fingerprint density at radius 2 is 2.04 bits per heavy atom. The maximum Gasteiger partial charge on any atom is 0.260 e. The van der Waals surface area contributed by atoms with Gasteiger partial charge in [-0.3, -0.25) is 9.36 Å². The van der Waals surface area contributed by atoms with Gasteiger partial charge in [-0.25, -0.2) is 4.98 Å². The first-order chi connectivity index (χ1) is 13.0. The smallest absolute Gasteiger partial charge is 0.260 e. The van der Waals surface area contributed by atoms with E-state index in [0.29, 0.717) is 51.0 Å². The van der Waals surface area contributed by atoms with Crippen molar-refractivity contribution in [3.05, 3.63) is 51.7 Å². The van der Waals surface area contributed by atoms with Gasteiger partial charge in [-0.15, -0.1) is 0 Å². The lowest BCUT2D eigenvalue weighted by atomic mass is 10.0. The van der Waals surface area contributed by atoms with E-state index in [9.17, 15) is 4.79 Å². The Morgan fingerprint density at radius 3 is 2.70 bits per heavy atom. The third kappa shape index (κ3) is 2.93. The number of nitrogens with zero attached hydrogens (tertiary/aromatic N) is 5. The molecule has 0 radical (unpaired) electrons. The molecule has 1 aromatic carbocycles. The molecule has 4 rings (SSSR count). The van der Waals surface area contributed by atoms with Crippen LogP contribution in [0.2, 0.25) is 5.02 Å². The molecule has 136 valence electrons. The van der Waals surface area contributed by atoms with Gasteiger partial charge in [0.2, 0.25) is 17.7 Å². The Labute approximate surface area is 158 Å². The van der Waals surface area contributed by atoms with Crippen LogP contribution in [0.1, 0.15) is 12.8 Å². The maximum atomic E-state index is 13.0. The average molecular weight is 383 g/mol. The van der Waals surface area contributed by atoms with Crippen molar-refractivity contribution >= 4 is 28.6 Å². The highest BCUT2D eigenvalue weighted by molar-refractivity contribution is 6.33. The molecule has 0 aliphatic heterocycles. The van der Waals surface area contributed by atoms with Crippen LogP contribution in [-0.4, -0.2) is 24.7 Å². The van der Waals surface area contributed by atoms with E-state index in [1.165, 1.54) is 0 Å². The summed E-state index contributed by atoms with van der Waals surface area (Å²) in [4.78, 5) is 25.4. The molecule has 27 heavy (non-hydrogen) atoms. The van der Waals surface area contributed by atoms with E-state index in [2.05, 4.69) is 20.1 Å². The van der Waals surface area contributed by atoms with Crippen molar-refractivity contribution < 1.29 is 4.52 Å². The maximum absolute atomic E-state index is 13.0. The molecule has 0 spiro atoms. The first-order valence-electron chi connectivity index (χ1n) is 8.24. The molecular weight excluding hydrogens is 368 g/mol. The molecule has 9 heteroatoms. The largest absolute Gasteiger partial charge is 0.368 e. The quantitative estimate of drug-likeness (QED) is 0.579. The Kier molecular flexibility index (Phi) is 4.12. The van der Waals surface area contributed by atoms with E-state index >= 15 is 0 Å². The Bertz CT molecular complexity index is 1230. The molecule has 3 aromatic heterocycles. The van der Waals surface area contributed by atoms with Crippen molar-refractivity contribution in [3.8, 4) is 22.5 Å². The summed E-state index contributed by atoms with van der Waals surface area (Å²) in [5, 5.41) is 5.00. The predicted molar refractivity (Wildman–Crippen MR) is 102 cm³/mol. The molecular formula is C18H15ClN6O2. The second-order valence-corrected chi connectivity index (χ2v) is 6.35. The lowest BCUT2D eigenvalue weighted by Crippen LogP contribution is -2.22. The summed E-state index contributed by atoms with van der Waals surface area (Å²) in [7, 11) is 0. The molecule has 3 heterocycles. The molecule has 2 N–H and O–H groups in total. The SMILES string of the molecule is CCn1c(=O)c(-c2ccc(-c3noc(C)n3)cc2Cl)cc2cnc(N)nc21. The number of aromatic nitrogens is 5. The number of hydrogen-bond acceptors (Lipinski definition) is 7. The van der Waals surface area contributed by atoms with Gasteiger partial charge in [-0.05, 0) is 19.1 Å². The highest BCUT2D eigenvalue weighted by Gasteiger charge is 2.16. The minimum absolute atomic E-state index is 0.120. The van der Waals surface area contributed by atoms with Crippen molar-refractivity contribution in [2.45, 2.75) is 20.4 Å². The number of anilines is 1. The highest BCUT2D eigenvalue weighted by atomic mass is 35.5. The summed E-state index contributed by atoms with van der Waals surface area (Å²) >= 11 is 6.48. The van der Waals surface area contributed by atoms with Crippen LogP contribution < -0.4 is 11.3 Å². The molecule has 8 nitrogen and oxygen atoms in total. The molecule has 0 fully saturated rings. The predicted octanol–water partition coefficient (Wildman–Crippen LogP) is 3.07. The number of pyridine rings is 1. The summed E-state index contributed by atoms with van der Waals surface area (Å²) in [6.07, 6.45) is 1.59. The second kappa shape index (κ2) is 6.48. The molecule has 0 aliphatic rings. The van der Waals surface area contributed by atoms with Crippen LogP contribution in [0.4, 0.5) is 5.95 Å². The third-order valence-electron chi connectivity index (χ3n) is 4.21. The number of hydrogen-bond donors (Lipinski definition) is 1. The minimum atomic E-state index is -0.201. The lowest BCUT2D eigenvalue weighted by Gasteiger charge is -2.12. The fraction of sp³-hybridized carbons (Fsp3) is 0.167. The van der Waals surface area contributed by atoms with E-state index in [1.807, 2.05) is 6.92 Å². The van der Waals surface area contributed by atoms with E-state index < -0.39 is 0 Å². The van der Waals surface area contributed by atoms with Crippen LogP contribution in [0.15, 0.2) is 39.8 Å². The highest BCUT2D eigenvalue weighted by Crippen LogP contribution is 2.31. The van der Waals surface area contributed by atoms with Crippen LogP contribution in [0.3, 0.4) is 0 Å². The normalized spacial score (nSPS) is 11.2. The van der Waals surface area contributed by atoms with Crippen molar-refractivity contribution in [3.63, 3.8) is 0 Å². The summed E-state index contributed by atoms with van der Waals surface area (Å²) in [5.41, 5.74) is 7.72. The number of fused-ring (bicyclic) bond motifs is 1. The van der Waals surface area contributed by atoms with E-state index in [0.717, 1.165) is 0 Å². The number of aryl methyl sites for hydroxylation is 2. The monoisotopic (exact) mass is 382 g/mol. The Morgan fingerprint density at radius 1 is 1.22 bits per heavy atom. The van der Waals surface area contributed by atoms with Crippen molar-refractivity contribution in [1.82, 2.24) is 24.7 Å². The molecule has 0 atom stereocenters. The molecule has 0 saturated heterocycles. The van der Waals surface area contributed by atoms with Crippen LogP contribution in [0, 0.1) is 6.92 Å². The van der Waals surface area contributed by atoms with Gasteiger partial charge in [0.1, 0.15) is 5.65 Å². The van der Waals surface area contributed by atoms with Crippen LogP contribution in [0.5, 0.6) is 0 Å². The number of nitrogen functional groups attached to an aromatic ring is 1. The molecule has 4 aromatic rings. The van der Waals surface area contributed by atoms with Crippen molar-refractivity contribution in [2.75, 3.05) is 5.73 Å². The first-order valence-corrected chi connectivity index (χ1v) is 8.62. The summed E-state index contributed by atoms with van der Waals surface area (Å²) in [6.45, 7) is 4.02. The third-order valence-corrected chi connectivity index (χ3v) is 4.52. The topological polar surface area (TPSA) is 113 Å². The van der Waals surface area contributed by atoms with Gasteiger partial charge in [0.25, 0.3) is 5.56 Å². The molecule has 0 saturated carbocycles. The Balaban J connectivity index is 1.91. The molecule has 0 aliphatic carbocycles. The van der Waals surface area contributed by atoms with Crippen LogP contribution in [-0.2, 0) is 6.54 Å². The van der Waals surface area contributed by atoms with Crippen LogP contribution in [0.25, 0.3) is 33.5 Å². The fourth-order valence-corrected chi connectivity index (χ4v) is 3.23. The number of rotatable bonds is 3. The molecule has 0 amide bonds. The Hall–Kier alpha value is -3.26. The zero-order chi connectivity index (χ0) is 19.1. The molecule has 0 bridgehead atoms. The summed E-state index contributed by atoms with van der Waals surface area (Å²) < 4.78 is 6.55. The van der Waals surface area contributed by atoms with Gasteiger partial charge >= 0.3 is 0 Å². The molecule has 0 unspecified atom stereocenters. The van der Waals surface area contributed by atoms with E-state index in [-0.39, 0.29) is 11.5 Å². The van der Waals surface area contributed by atoms with E-state index in [4.69, 9.17) is 21.9 Å². The van der Waals surface area contributed by atoms with Gasteiger partial charge in [0, 0.05) is 46.8 Å². The van der Waals surface area contributed by atoms with E-state index in [1.54, 1.807) is 42.0 Å². The van der Waals surface area contributed by atoms with Gasteiger partial charge in [0.05, 0.1) is 0 Å². The average Bonchev–Trinajstić information content (AvgIpc) is 3.08.